The lowest BCUT2D eigenvalue weighted by atomic mass is 9.94. The van der Waals surface area contributed by atoms with Gasteiger partial charge in [0.15, 0.2) is 0 Å². The number of hydrogen-bond acceptors (Lipinski definition) is 1. The molecule has 1 unspecified atom stereocenters. The van der Waals surface area contributed by atoms with Crippen LogP contribution < -0.4 is 4.74 Å². The molecule has 1 aliphatic heterocycles. The lowest BCUT2D eigenvalue weighted by molar-refractivity contribution is 0.231. The quantitative estimate of drug-likeness (QED) is 0.713. The van der Waals surface area contributed by atoms with E-state index in [-0.39, 0.29) is 6.10 Å². The van der Waals surface area contributed by atoms with Crippen molar-refractivity contribution in [3.63, 3.8) is 0 Å². The lowest BCUT2D eigenvalue weighted by Gasteiger charge is -2.15. The summed E-state index contributed by atoms with van der Waals surface area (Å²) in [6.45, 7) is 8.60. The smallest absolute Gasteiger partial charge is 0.126 e. The number of benzene rings is 2. The highest BCUT2D eigenvalue weighted by Gasteiger charge is 2.29. The van der Waals surface area contributed by atoms with Crippen LogP contribution in [0.1, 0.15) is 47.6 Å². The Bertz CT molecular complexity index is 686. The van der Waals surface area contributed by atoms with Gasteiger partial charge in [-0.15, -0.1) is 0 Å². The lowest BCUT2D eigenvalue weighted by Crippen LogP contribution is -2.16. The fraction of sp³-hybridized carbons (Fsp3) is 0.400. The zero-order valence-electron chi connectivity index (χ0n) is 13.7. The highest BCUT2D eigenvalue weighted by Crippen LogP contribution is 2.42. The highest BCUT2D eigenvalue weighted by atomic mass is 35.5. The number of hydrogen-bond donors (Lipinski definition) is 0. The Balaban J connectivity index is 1.87. The molecule has 1 heterocycles. The number of rotatable bonds is 3. The van der Waals surface area contributed by atoms with Gasteiger partial charge in [-0.25, -0.2) is 0 Å². The maximum absolute atomic E-state index is 6.41. The Morgan fingerprint density at radius 1 is 1.18 bits per heavy atom. The zero-order valence-corrected chi connectivity index (χ0v) is 14.5. The summed E-state index contributed by atoms with van der Waals surface area (Å²) in [5.74, 6) is 1.50. The monoisotopic (exact) mass is 314 g/mol. The molecule has 22 heavy (non-hydrogen) atoms. The standard InChI is InChI=1S/C20H23ClO/c1-12(2)17-11-19(21)14(4)18-10-16(22-20(17)18)9-15-7-5-13(3)6-8-15/h5-8,11-12,16H,9-10H2,1-4H3. The Morgan fingerprint density at radius 2 is 1.86 bits per heavy atom. The van der Waals surface area contributed by atoms with E-state index in [0.717, 1.165) is 23.6 Å². The van der Waals surface area contributed by atoms with Gasteiger partial charge in [-0.2, -0.15) is 0 Å². The molecule has 0 saturated heterocycles. The van der Waals surface area contributed by atoms with Crippen molar-refractivity contribution < 1.29 is 4.74 Å². The second-order valence-electron chi connectivity index (χ2n) is 6.67. The van der Waals surface area contributed by atoms with Crippen molar-refractivity contribution >= 4 is 11.6 Å². The van der Waals surface area contributed by atoms with Gasteiger partial charge in [0, 0.05) is 23.4 Å². The van der Waals surface area contributed by atoms with E-state index in [0.29, 0.717) is 5.92 Å². The first-order chi connectivity index (χ1) is 10.5. The maximum Gasteiger partial charge on any atom is 0.126 e. The maximum atomic E-state index is 6.41. The molecule has 1 aliphatic rings. The van der Waals surface area contributed by atoms with E-state index in [1.165, 1.54) is 27.8 Å². The molecule has 0 aliphatic carbocycles. The number of fused-ring (bicyclic) bond motifs is 1. The summed E-state index contributed by atoms with van der Waals surface area (Å²) in [7, 11) is 0. The van der Waals surface area contributed by atoms with E-state index in [2.05, 4.69) is 58.0 Å². The topological polar surface area (TPSA) is 9.23 Å². The second kappa shape index (κ2) is 5.96. The van der Waals surface area contributed by atoms with E-state index < -0.39 is 0 Å². The van der Waals surface area contributed by atoms with Crippen LogP contribution in [-0.2, 0) is 12.8 Å². The van der Waals surface area contributed by atoms with Gasteiger partial charge in [-0.05, 0) is 42.5 Å². The fourth-order valence-electron chi connectivity index (χ4n) is 3.15. The average Bonchev–Trinajstić information content (AvgIpc) is 2.89. The number of halogens is 1. The molecule has 0 radical (unpaired) electrons. The van der Waals surface area contributed by atoms with Crippen molar-refractivity contribution in [2.75, 3.05) is 0 Å². The zero-order chi connectivity index (χ0) is 15.9. The van der Waals surface area contributed by atoms with Crippen LogP contribution in [0, 0.1) is 13.8 Å². The Morgan fingerprint density at radius 3 is 2.50 bits per heavy atom. The minimum atomic E-state index is 0.215. The minimum absolute atomic E-state index is 0.215. The van der Waals surface area contributed by atoms with Crippen LogP contribution in [-0.4, -0.2) is 6.10 Å². The van der Waals surface area contributed by atoms with Crippen molar-refractivity contribution in [1.29, 1.82) is 0 Å². The van der Waals surface area contributed by atoms with Crippen LogP contribution in [0.25, 0.3) is 0 Å². The number of ether oxygens (including phenoxy) is 1. The van der Waals surface area contributed by atoms with E-state index in [9.17, 15) is 0 Å². The molecule has 2 heteroatoms. The van der Waals surface area contributed by atoms with Crippen molar-refractivity contribution in [2.45, 2.75) is 52.6 Å². The van der Waals surface area contributed by atoms with Gasteiger partial charge >= 0.3 is 0 Å². The van der Waals surface area contributed by atoms with E-state index >= 15 is 0 Å². The van der Waals surface area contributed by atoms with Crippen LogP contribution in [0.3, 0.4) is 0 Å². The van der Waals surface area contributed by atoms with Gasteiger partial charge in [0.1, 0.15) is 11.9 Å². The van der Waals surface area contributed by atoms with Gasteiger partial charge in [-0.1, -0.05) is 55.3 Å². The normalized spacial score (nSPS) is 16.7. The Kier molecular flexibility index (Phi) is 4.18. The molecule has 2 aromatic carbocycles. The molecule has 1 atom stereocenters. The number of aryl methyl sites for hydroxylation is 1. The van der Waals surface area contributed by atoms with Gasteiger partial charge < -0.3 is 4.74 Å². The largest absolute Gasteiger partial charge is 0.489 e. The molecular weight excluding hydrogens is 292 g/mol. The molecule has 3 rings (SSSR count). The van der Waals surface area contributed by atoms with Gasteiger partial charge in [0.25, 0.3) is 0 Å². The molecule has 2 aromatic rings. The van der Waals surface area contributed by atoms with Crippen molar-refractivity contribution in [3.8, 4) is 5.75 Å². The van der Waals surface area contributed by atoms with E-state index in [4.69, 9.17) is 16.3 Å². The van der Waals surface area contributed by atoms with Crippen LogP contribution in [0.4, 0.5) is 0 Å². The molecule has 0 bridgehead atoms. The fourth-order valence-corrected chi connectivity index (χ4v) is 3.38. The minimum Gasteiger partial charge on any atom is -0.489 e. The van der Waals surface area contributed by atoms with Crippen LogP contribution in [0.15, 0.2) is 30.3 Å². The van der Waals surface area contributed by atoms with Crippen molar-refractivity contribution in [1.82, 2.24) is 0 Å². The average molecular weight is 315 g/mol. The van der Waals surface area contributed by atoms with E-state index in [1.807, 2.05) is 0 Å². The van der Waals surface area contributed by atoms with Gasteiger partial charge in [-0.3, -0.25) is 0 Å². The first-order valence-corrected chi connectivity index (χ1v) is 8.37. The second-order valence-corrected chi connectivity index (χ2v) is 7.08. The van der Waals surface area contributed by atoms with Gasteiger partial charge in [0.2, 0.25) is 0 Å². The third-order valence-electron chi connectivity index (χ3n) is 4.55. The molecule has 1 nitrogen and oxygen atoms in total. The SMILES string of the molecule is Cc1ccc(CC2Cc3c(C)c(Cl)cc(C(C)C)c3O2)cc1. The summed E-state index contributed by atoms with van der Waals surface area (Å²) in [5, 5.41) is 0.863. The highest BCUT2D eigenvalue weighted by molar-refractivity contribution is 6.31. The van der Waals surface area contributed by atoms with Gasteiger partial charge in [0.05, 0.1) is 0 Å². The van der Waals surface area contributed by atoms with Crippen molar-refractivity contribution in [2.24, 2.45) is 0 Å². The molecule has 0 spiro atoms. The van der Waals surface area contributed by atoms with Crippen LogP contribution >= 0.6 is 11.6 Å². The van der Waals surface area contributed by atoms with E-state index in [1.54, 1.807) is 0 Å². The third-order valence-corrected chi connectivity index (χ3v) is 4.94. The molecular formula is C20H23ClO. The third kappa shape index (κ3) is 2.87. The molecule has 0 amide bonds. The summed E-state index contributed by atoms with van der Waals surface area (Å²) in [6, 6.07) is 10.8. The summed E-state index contributed by atoms with van der Waals surface area (Å²) >= 11 is 6.41. The Hall–Kier alpha value is -1.47. The molecule has 0 saturated carbocycles. The summed E-state index contributed by atoms with van der Waals surface area (Å²) < 4.78 is 6.31. The molecule has 116 valence electrons. The first kappa shape index (κ1) is 15.4. The Labute approximate surface area is 138 Å². The summed E-state index contributed by atoms with van der Waals surface area (Å²) in [6.07, 6.45) is 2.12. The summed E-state index contributed by atoms with van der Waals surface area (Å²) in [4.78, 5) is 0. The van der Waals surface area contributed by atoms with Crippen LogP contribution in [0.5, 0.6) is 5.75 Å². The molecule has 0 aromatic heterocycles. The predicted molar refractivity (Wildman–Crippen MR) is 93.3 cm³/mol. The van der Waals surface area contributed by atoms with Crippen molar-refractivity contribution in [3.05, 3.63) is 63.2 Å². The molecule has 0 N–H and O–H groups in total. The van der Waals surface area contributed by atoms with Crippen LogP contribution in [0.2, 0.25) is 5.02 Å². The summed E-state index contributed by atoms with van der Waals surface area (Å²) in [5.41, 5.74) is 6.33. The molecule has 0 fully saturated rings. The predicted octanol–water partition coefficient (Wildman–Crippen LogP) is 5.63. The first-order valence-electron chi connectivity index (χ1n) is 7.99.